The molecule has 0 saturated carbocycles. The lowest BCUT2D eigenvalue weighted by Crippen LogP contribution is -2.44. The van der Waals surface area contributed by atoms with E-state index < -0.39 is 35.4 Å². The lowest BCUT2D eigenvalue weighted by Gasteiger charge is -2.20. The number of anilines is 1. The Kier molecular flexibility index (Phi) is 4.00. The van der Waals surface area contributed by atoms with Crippen LogP contribution in [0.5, 0.6) is 0 Å². The molecular weight excluding hydrogens is 308 g/mol. The number of sulfonamides is 1. The van der Waals surface area contributed by atoms with E-state index in [0.29, 0.717) is 0 Å². The molecule has 114 valence electrons. The van der Waals surface area contributed by atoms with Crippen molar-refractivity contribution in [1.29, 1.82) is 0 Å². The van der Waals surface area contributed by atoms with Crippen LogP contribution in [0.2, 0.25) is 0 Å². The molecule has 20 heavy (non-hydrogen) atoms. The van der Waals surface area contributed by atoms with Gasteiger partial charge >= 0.3 is 0 Å². The Balaban J connectivity index is 3.23. The highest BCUT2D eigenvalue weighted by atomic mass is 32.2. The second kappa shape index (κ2) is 4.82. The molecule has 0 saturated heterocycles. The number of carbonyl (C=O) groups is 1. The zero-order valence-corrected chi connectivity index (χ0v) is 13.0. The van der Waals surface area contributed by atoms with Gasteiger partial charge in [-0.1, -0.05) is 0 Å². The number of primary sulfonamides is 1. The topological polar surface area (TPSA) is 141 Å². The predicted molar refractivity (Wildman–Crippen MR) is 72.1 cm³/mol. The van der Waals surface area contributed by atoms with Crippen LogP contribution in [-0.2, 0) is 31.7 Å². The zero-order chi connectivity index (χ0) is 15.9. The standard InChI is InChI=1S/C9H16N4O5S2/c1-9(2,19(4,15)16)8(14)11-7-6(20(10,17)18)5-13(3)12-7/h5H,1-4H3,(H2,10,17,18)(H,11,12,14). The maximum atomic E-state index is 12.0. The maximum absolute atomic E-state index is 12.0. The first-order chi connectivity index (χ1) is 8.76. The quantitative estimate of drug-likeness (QED) is 0.714. The molecule has 0 radical (unpaired) electrons. The number of nitrogens with one attached hydrogen (secondary N) is 1. The van der Waals surface area contributed by atoms with Crippen molar-refractivity contribution >= 4 is 31.6 Å². The lowest BCUT2D eigenvalue weighted by atomic mass is 10.2. The number of carbonyl (C=O) groups excluding carboxylic acids is 1. The minimum atomic E-state index is -4.09. The SMILES string of the molecule is Cn1cc(S(N)(=O)=O)c(NC(=O)C(C)(C)S(C)(=O)=O)n1. The van der Waals surface area contributed by atoms with Crippen molar-refractivity contribution in [2.24, 2.45) is 12.2 Å². The van der Waals surface area contributed by atoms with Crippen molar-refractivity contribution in [3.8, 4) is 0 Å². The highest BCUT2D eigenvalue weighted by molar-refractivity contribution is 7.92. The number of sulfone groups is 1. The summed E-state index contributed by atoms with van der Waals surface area (Å²) in [5, 5.41) is 10.9. The van der Waals surface area contributed by atoms with Crippen molar-refractivity contribution < 1.29 is 21.6 Å². The van der Waals surface area contributed by atoms with Crippen molar-refractivity contribution in [3.05, 3.63) is 6.20 Å². The van der Waals surface area contributed by atoms with E-state index in [-0.39, 0.29) is 5.82 Å². The van der Waals surface area contributed by atoms with Gasteiger partial charge in [0.2, 0.25) is 15.9 Å². The number of aromatic nitrogens is 2. The van der Waals surface area contributed by atoms with Crippen LogP contribution in [0.4, 0.5) is 5.82 Å². The number of nitrogens with two attached hydrogens (primary N) is 1. The van der Waals surface area contributed by atoms with Gasteiger partial charge in [-0.15, -0.1) is 0 Å². The van der Waals surface area contributed by atoms with Gasteiger partial charge in [-0.3, -0.25) is 9.48 Å². The predicted octanol–water partition coefficient (Wildman–Crippen LogP) is -1.17. The summed E-state index contributed by atoms with van der Waals surface area (Å²) >= 11 is 0. The fourth-order valence-corrected chi connectivity index (χ4v) is 2.24. The van der Waals surface area contributed by atoms with Crippen LogP contribution in [0.25, 0.3) is 0 Å². The first kappa shape index (κ1) is 16.6. The number of nitrogens with zero attached hydrogens (tertiary/aromatic N) is 2. The molecule has 3 N–H and O–H groups in total. The zero-order valence-electron chi connectivity index (χ0n) is 11.4. The Morgan fingerprint density at radius 3 is 2.25 bits per heavy atom. The molecule has 0 unspecified atom stereocenters. The van der Waals surface area contributed by atoms with E-state index in [1.54, 1.807) is 0 Å². The summed E-state index contributed by atoms with van der Waals surface area (Å²) in [4.78, 5) is 11.6. The molecular formula is C9H16N4O5S2. The first-order valence-electron chi connectivity index (χ1n) is 5.34. The van der Waals surface area contributed by atoms with E-state index in [1.807, 2.05) is 0 Å². The minimum Gasteiger partial charge on any atom is -0.307 e. The van der Waals surface area contributed by atoms with Gasteiger partial charge in [0, 0.05) is 19.5 Å². The normalized spacial score (nSPS) is 13.2. The van der Waals surface area contributed by atoms with Crippen molar-refractivity contribution in [2.75, 3.05) is 11.6 Å². The summed E-state index contributed by atoms with van der Waals surface area (Å²) in [6.07, 6.45) is 2.02. The number of hydrogen-bond acceptors (Lipinski definition) is 6. The molecule has 0 fully saturated rings. The van der Waals surface area contributed by atoms with Crippen molar-refractivity contribution in [1.82, 2.24) is 9.78 Å². The summed E-state index contributed by atoms with van der Waals surface area (Å²) < 4.78 is 45.2. The third-order valence-corrected chi connectivity index (χ3v) is 5.76. The van der Waals surface area contributed by atoms with E-state index in [1.165, 1.54) is 20.9 Å². The second-order valence-electron chi connectivity index (χ2n) is 4.80. The van der Waals surface area contributed by atoms with Crippen LogP contribution < -0.4 is 10.5 Å². The molecule has 0 aliphatic rings. The Labute approximate surface area is 117 Å². The molecule has 0 aliphatic heterocycles. The van der Waals surface area contributed by atoms with Gasteiger partial charge in [-0.25, -0.2) is 22.0 Å². The average molecular weight is 324 g/mol. The molecule has 1 rings (SSSR count). The summed E-state index contributed by atoms with van der Waals surface area (Å²) in [5.74, 6) is -1.21. The van der Waals surface area contributed by atoms with E-state index in [4.69, 9.17) is 5.14 Å². The third kappa shape index (κ3) is 3.16. The molecule has 1 amide bonds. The molecule has 1 aromatic rings. The fourth-order valence-electron chi connectivity index (χ4n) is 1.19. The minimum absolute atomic E-state index is 0.309. The summed E-state index contributed by atoms with van der Waals surface area (Å²) in [5.41, 5.74) is 0. The molecule has 0 aliphatic carbocycles. The molecule has 1 heterocycles. The van der Waals surface area contributed by atoms with E-state index in [0.717, 1.165) is 17.1 Å². The van der Waals surface area contributed by atoms with Crippen LogP contribution in [0, 0.1) is 0 Å². The molecule has 0 aromatic carbocycles. The van der Waals surface area contributed by atoms with Crippen LogP contribution in [0.15, 0.2) is 11.1 Å². The number of hydrogen-bond donors (Lipinski definition) is 2. The van der Waals surface area contributed by atoms with Crippen molar-refractivity contribution in [3.63, 3.8) is 0 Å². The van der Waals surface area contributed by atoms with E-state index in [2.05, 4.69) is 10.4 Å². The molecule has 9 nitrogen and oxygen atoms in total. The Bertz CT molecular complexity index is 745. The van der Waals surface area contributed by atoms with E-state index in [9.17, 15) is 21.6 Å². The van der Waals surface area contributed by atoms with Crippen LogP contribution in [0.3, 0.4) is 0 Å². The Morgan fingerprint density at radius 2 is 1.85 bits per heavy atom. The molecule has 1 aromatic heterocycles. The summed E-state index contributed by atoms with van der Waals surface area (Å²) in [7, 11) is -6.34. The molecule has 0 spiro atoms. The van der Waals surface area contributed by atoms with Crippen LogP contribution >= 0.6 is 0 Å². The van der Waals surface area contributed by atoms with E-state index >= 15 is 0 Å². The van der Waals surface area contributed by atoms with Gasteiger partial charge in [0.15, 0.2) is 15.7 Å². The third-order valence-electron chi connectivity index (χ3n) is 2.81. The summed E-state index contributed by atoms with van der Waals surface area (Å²) in [6, 6.07) is 0. The van der Waals surface area contributed by atoms with Gasteiger partial charge in [0.1, 0.15) is 9.64 Å². The Hall–Kier alpha value is -1.46. The van der Waals surface area contributed by atoms with Gasteiger partial charge < -0.3 is 5.32 Å². The monoisotopic (exact) mass is 324 g/mol. The lowest BCUT2D eigenvalue weighted by molar-refractivity contribution is -0.117. The average Bonchev–Trinajstić information content (AvgIpc) is 2.57. The molecule has 11 heteroatoms. The highest BCUT2D eigenvalue weighted by Crippen LogP contribution is 2.21. The van der Waals surface area contributed by atoms with Crippen molar-refractivity contribution in [2.45, 2.75) is 23.5 Å². The number of rotatable bonds is 4. The Morgan fingerprint density at radius 1 is 1.35 bits per heavy atom. The van der Waals surface area contributed by atoms with Gasteiger partial charge in [0.25, 0.3) is 0 Å². The smallest absolute Gasteiger partial charge is 0.246 e. The first-order valence-corrected chi connectivity index (χ1v) is 8.78. The summed E-state index contributed by atoms with van der Waals surface area (Å²) in [6.45, 7) is 2.41. The van der Waals surface area contributed by atoms with Crippen LogP contribution in [0.1, 0.15) is 13.8 Å². The largest absolute Gasteiger partial charge is 0.307 e. The van der Waals surface area contributed by atoms with Crippen LogP contribution in [-0.4, -0.2) is 43.5 Å². The second-order valence-corrected chi connectivity index (χ2v) is 8.89. The fraction of sp³-hybridized carbons (Fsp3) is 0.556. The number of aryl methyl sites for hydroxylation is 1. The highest BCUT2D eigenvalue weighted by Gasteiger charge is 2.39. The van der Waals surface area contributed by atoms with Gasteiger partial charge in [-0.2, -0.15) is 5.10 Å². The maximum Gasteiger partial charge on any atom is 0.246 e. The molecule has 0 bridgehead atoms. The van der Waals surface area contributed by atoms with Gasteiger partial charge in [0.05, 0.1) is 0 Å². The molecule has 0 atom stereocenters. The van der Waals surface area contributed by atoms with Gasteiger partial charge in [-0.05, 0) is 13.8 Å². The number of amides is 1.